The number of carbonyl (C=O) groups excluding carboxylic acids is 1. The van der Waals surface area contributed by atoms with E-state index in [0.29, 0.717) is 12.3 Å². The molecule has 0 spiro atoms. The summed E-state index contributed by atoms with van der Waals surface area (Å²) in [6.45, 7) is 9.08. The van der Waals surface area contributed by atoms with Gasteiger partial charge in [-0.3, -0.25) is 4.79 Å². The largest absolute Gasteiger partial charge is 0.343 e. The number of nitrogens with one attached hydrogen (secondary N) is 1. The lowest BCUT2D eigenvalue weighted by molar-refractivity contribution is -0.130. The molecule has 0 atom stereocenters. The summed E-state index contributed by atoms with van der Waals surface area (Å²) in [6, 6.07) is 0. The van der Waals surface area contributed by atoms with Crippen LogP contribution in [0.3, 0.4) is 0 Å². The fourth-order valence-electron chi connectivity index (χ4n) is 1.67. The average molecular weight is 198 g/mol. The van der Waals surface area contributed by atoms with Gasteiger partial charge in [0, 0.05) is 31.6 Å². The highest BCUT2D eigenvalue weighted by Crippen LogP contribution is 2.08. The van der Waals surface area contributed by atoms with Crippen molar-refractivity contribution in [2.75, 3.05) is 19.6 Å². The van der Waals surface area contributed by atoms with Gasteiger partial charge in [-0.05, 0) is 33.6 Å². The minimum Gasteiger partial charge on any atom is -0.343 e. The van der Waals surface area contributed by atoms with Crippen LogP contribution in [0.4, 0.5) is 0 Å². The van der Waals surface area contributed by atoms with Crippen molar-refractivity contribution in [2.24, 2.45) is 0 Å². The topological polar surface area (TPSA) is 32.3 Å². The standard InChI is InChI=1S/C11H22N2O/c1-11(2,3)12-7-6-10(14)13-8-4-5-9-13/h12H,4-9H2,1-3H3. The Morgan fingerprint density at radius 2 is 1.86 bits per heavy atom. The van der Waals surface area contributed by atoms with Gasteiger partial charge in [0.15, 0.2) is 0 Å². The summed E-state index contributed by atoms with van der Waals surface area (Å²) in [6.07, 6.45) is 2.99. The van der Waals surface area contributed by atoms with Gasteiger partial charge in [-0.15, -0.1) is 0 Å². The molecule has 0 bridgehead atoms. The second kappa shape index (κ2) is 4.78. The zero-order chi connectivity index (χ0) is 10.6. The molecule has 1 amide bonds. The smallest absolute Gasteiger partial charge is 0.223 e. The maximum absolute atomic E-state index is 11.6. The highest BCUT2D eigenvalue weighted by Gasteiger charge is 2.17. The van der Waals surface area contributed by atoms with Crippen LogP contribution in [0, 0.1) is 0 Å². The van der Waals surface area contributed by atoms with Crippen LogP contribution >= 0.6 is 0 Å². The molecule has 1 heterocycles. The number of rotatable bonds is 3. The van der Waals surface area contributed by atoms with Gasteiger partial charge >= 0.3 is 0 Å². The first-order chi connectivity index (χ1) is 6.49. The summed E-state index contributed by atoms with van der Waals surface area (Å²) in [5, 5.41) is 3.33. The van der Waals surface area contributed by atoms with E-state index in [9.17, 15) is 4.79 Å². The number of hydrogen-bond acceptors (Lipinski definition) is 2. The van der Waals surface area contributed by atoms with Crippen molar-refractivity contribution in [3.05, 3.63) is 0 Å². The molecule has 3 heteroatoms. The third kappa shape index (κ3) is 4.09. The number of likely N-dealkylation sites (tertiary alicyclic amines) is 1. The molecule has 3 nitrogen and oxygen atoms in total. The monoisotopic (exact) mass is 198 g/mol. The van der Waals surface area contributed by atoms with E-state index in [4.69, 9.17) is 0 Å². The van der Waals surface area contributed by atoms with Gasteiger partial charge in [0.25, 0.3) is 0 Å². The van der Waals surface area contributed by atoms with Gasteiger partial charge < -0.3 is 10.2 Å². The van der Waals surface area contributed by atoms with Crippen LogP contribution in [0.2, 0.25) is 0 Å². The van der Waals surface area contributed by atoms with Crippen molar-refractivity contribution >= 4 is 5.91 Å². The molecule has 0 aliphatic carbocycles. The van der Waals surface area contributed by atoms with Crippen molar-refractivity contribution in [3.63, 3.8) is 0 Å². The van der Waals surface area contributed by atoms with Crippen LogP contribution < -0.4 is 5.32 Å². The Morgan fingerprint density at radius 1 is 1.29 bits per heavy atom. The highest BCUT2D eigenvalue weighted by atomic mass is 16.2. The molecular weight excluding hydrogens is 176 g/mol. The van der Waals surface area contributed by atoms with Crippen LogP contribution in [0.15, 0.2) is 0 Å². The molecule has 0 radical (unpaired) electrons. The summed E-state index contributed by atoms with van der Waals surface area (Å²) in [5.74, 6) is 0.305. The summed E-state index contributed by atoms with van der Waals surface area (Å²) >= 11 is 0. The summed E-state index contributed by atoms with van der Waals surface area (Å²) in [7, 11) is 0. The first-order valence-electron chi connectivity index (χ1n) is 5.52. The van der Waals surface area contributed by atoms with E-state index >= 15 is 0 Å². The molecule has 1 aliphatic rings. The molecule has 1 fully saturated rings. The van der Waals surface area contributed by atoms with E-state index in [1.54, 1.807) is 0 Å². The predicted octanol–water partition coefficient (Wildman–Crippen LogP) is 1.39. The van der Waals surface area contributed by atoms with Gasteiger partial charge in [0.1, 0.15) is 0 Å². The number of nitrogens with zero attached hydrogens (tertiary/aromatic N) is 1. The number of carbonyl (C=O) groups is 1. The summed E-state index contributed by atoms with van der Waals surface area (Å²) in [5.41, 5.74) is 0.116. The minimum absolute atomic E-state index is 0.116. The quantitative estimate of drug-likeness (QED) is 0.743. The Bertz CT molecular complexity index is 190. The van der Waals surface area contributed by atoms with E-state index in [1.165, 1.54) is 12.8 Å². The fraction of sp³-hybridized carbons (Fsp3) is 0.909. The van der Waals surface area contributed by atoms with Crippen LogP contribution in [-0.4, -0.2) is 36.0 Å². The Kier molecular flexibility index (Phi) is 3.93. The second-order valence-electron chi connectivity index (χ2n) is 5.01. The first-order valence-corrected chi connectivity index (χ1v) is 5.52. The third-order valence-electron chi connectivity index (χ3n) is 2.45. The Morgan fingerprint density at radius 3 is 2.36 bits per heavy atom. The molecule has 1 N–H and O–H groups in total. The molecular formula is C11H22N2O. The van der Waals surface area contributed by atoms with Crippen molar-refractivity contribution in [1.29, 1.82) is 0 Å². The third-order valence-corrected chi connectivity index (χ3v) is 2.45. The lowest BCUT2D eigenvalue weighted by Gasteiger charge is -2.21. The van der Waals surface area contributed by atoms with Crippen LogP contribution in [0.25, 0.3) is 0 Å². The maximum atomic E-state index is 11.6. The SMILES string of the molecule is CC(C)(C)NCCC(=O)N1CCCC1. The van der Waals surface area contributed by atoms with Crippen molar-refractivity contribution < 1.29 is 4.79 Å². The normalized spacial score (nSPS) is 17.5. The zero-order valence-electron chi connectivity index (χ0n) is 9.60. The van der Waals surface area contributed by atoms with Crippen LogP contribution in [0.1, 0.15) is 40.0 Å². The molecule has 1 aliphatic heterocycles. The van der Waals surface area contributed by atoms with Crippen LogP contribution in [-0.2, 0) is 4.79 Å². The van der Waals surface area contributed by atoms with Crippen molar-refractivity contribution in [2.45, 2.75) is 45.6 Å². The highest BCUT2D eigenvalue weighted by molar-refractivity contribution is 5.76. The molecule has 0 aromatic rings. The van der Waals surface area contributed by atoms with Crippen molar-refractivity contribution in [1.82, 2.24) is 10.2 Å². The average Bonchev–Trinajstić information content (AvgIpc) is 2.53. The van der Waals surface area contributed by atoms with E-state index in [-0.39, 0.29) is 5.54 Å². The molecule has 0 unspecified atom stereocenters. The predicted molar refractivity (Wildman–Crippen MR) is 58.2 cm³/mol. The number of hydrogen-bond donors (Lipinski definition) is 1. The zero-order valence-corrected chi connectivity index (χ0v) is 9.60. The van der Waals surface area contributed by atoms with Gasteiger partial charge in [-0.1, -0.05) is 0 Å². The number of amides is 1. The van der Waals surface area contributed by atoms with E-state index in [2.05, 4.69) is 26.1 Å². The molecule has 14 heavy (non-hydrogen) atoms. The lowest BCUT2D eigenvalue weighted by atomic mass is 10.1. The van der Waals surface area contributed by atoms with Gasteiger partial charge in [-0.2, -0.15) is 0 Å². The first kappa shape index (κ1) is 11.5. The molecule has 82 valence electrons. The molecule has 1 rings (SSSR count). The molecule has 0 aromatic carbocycles. The summed E-state index contributed by atoms with van der Waals surface area (Å²) < 4.78 is 0. The lowest BCUT2D eigenvalue weighted by Crippen LogP contribution is -2.39. The van der Waals surface area contributed by atoms with Crippen LogP contribution in [0.5, 0.6) is 0 Å². The maximum Gasteiger partial charge on any atom is 0.223 e. The summed E-state index contributed by atoms with van der Waals surface area (Å²) in [4.78, 5) is 13.6. The van der Waals surface area contributed by atoms with E-state index < -0.39 is 0 Å². The Hall–Kier alpha value is -0.570. The second-order valence-corrected chi connectivity index (χ2v) is 5.01. The minimum atomic E-state index is 0.116. The fourth-order valence-corrected chi connectivity index (χ4v) is 1.67. The van der Waals surface area contributed by atoms with Crippen molar-refractivity contribution in [3.8, 4) is 0 Å². The Labute approximate surface area is 86.9 Å². The molecule has 0 aromatic heterocycles. The van der Waals surface area contributed by atoms with Gasteiger partial charge in [-0.25, -0.2) is 0 Å². The Balaban J connectivity index is 2.15. The van der Waals surface area contributed by atoms with Gasteiger partial charge in [0.05, 0.1) is 0 Å². The van der Waals surface area contributed by atoms with E-state index in [1.807, 2.05) is 4.90 Å². The molecule has 0 saturated carbocycles. The van der Waals surface area contributed by atoms with Gasteiger partial charge in [0.2, 0.25) is 5.91 Å². The van der Waals surface area contributed by atoms with E-state index in [0.717, 1.165) is 19.6 Å². The molecule has 1 saturated heterocycles.